The largest absolute Gasteiger partial charge is 0.470 e. The van der Waals surface area contributed by atoms with Gasteiger partial charge in [-0.1, -0.05) is 20.8 Å². The molecule has 1 aliphatic heterocycles. The van der Waals surface area contributed by atoms with Crippen LogP contribution in [0.4, 0.5) is 23.4 Å². The number of halogens is 4. The Morgan fingerprint density at radius 3 is 2.50 bits per heavy atom. The number of nitrogens with one attached hydrogen (secondary N) is 1. The number of carbonyl (C=O) groups is 1. The summed E-state index contributed by atoms with van der Waals surface area (Å²) < 4.78 is 60.8. The second-order valence-electron chi connectivity index (χ2n) is 10.3. The molecule has 1 amide bonds. The van der Waals surface area contributed by atoms with E-state index in [0.29, 0.717) is 18.9 Å². The van der Waals surface area contributed by atoms with Crippen LogP contribution in [0, 0.1) is 12.3 Å². The highest BCUT2D eigenvalue weighted by Crippen LogP contribution is 2.34. The molecule has 1 saturated heterocycles. The van der Waals surface area contributed by atoms with Gasteiger partial charge in [0, 0.05) is 36.6 Å². The van der Waals surface area contributed by atoms with E-state index in [-0.39, 0.29) is 66.8 Å². The Morgan fingerprint density at radius 2 is 1.92 bits per heavy atom. The molecule has 2 fully saturated rings. The fraction of sp³-hybridized carbons (Fsp3) is 0.667. The van der Waals surface area contributed by atoms with Crippen molar-refractivity contribution < 1.29 is 27.1 Å². The van der Waals surface area contributed by atoms with Crippen molar-refractivity contribution >= 4 is 11.7 Å². The fourth-order valence-electron chi connectivity index (χ4n) is 4.26. The van der Waals surface area contributed by atoms with Gasteiger partial charge in [-0.15, -0.1) is 0 Å². The van der Waals surface area contributed by atoms with E-state index in [1.807, 2.05) is 20.8 Å². The molecule has 12 heteroatoms. The average molecular weight is 513 g/mol. The number of ether oxygens (including phenoxy) is 1. The topological polar surface area (TPSA) is 85.2 Å². The van der Waals surface area contributed by atoms with Gasteiger partial charge in [-0.3, -0.25) is 4.79 Å². The molecule has 2 aromatic rings. The molecule has 0 aromatic carbocycles. The molecule has 1 saturated carbocycles. The van der Waals surface area contributed by atoms with Gasteiger partial charge in [0.25, 0.3) is 12.4 Å². The summed E-state index contributed by atoms with van der Waals surface area (Å²) in [6, 6.07) is 1.34. The molecule has 0 spiro atoms. The van der Waals surface area contributed by atoms with Crippen LogP contribution in [0.5, 0.6) is 5.88 Å². The number of nitrogens with zero attached hydrogens (tertiary/aromatic N) is 5. The molecule has 0 radical (unpaired) electrons. The quantitative estimate of drug-likeness (QED) is 0.506. The number of hydrogen-bond donors (Lipinski definition) is 1. The normalized spacial score (nSPS) is 18.9. The summed E-state index contributed by atoms with van der Waals surface area (Å²) in [6.45, 7) is 8.09. The van der Waals surface area contributed by atoms with Gasteiger partial charge in [0.2, 0.25) is 17.7 Å². The number of alkyl halides is 4. The van der Waals surface area contributed by atoms with Crippen LogP contribution in [-0.2, 0) is 4.79 Å². The summed E-state index contributed by atoms with van der Waals surface area (Å²) in [5, 5.41) is 7.08. The highest BCUT2D eigenvalue weighted by molar-refractivity contribution is 5.82. The van der Waals surface area contributed by atoms with Crippen molar-refractivity contribution in [3.8, 4) is 11.8 Å². The molecular formula is C24H32F4N6O2. The lowest BCUT2D eigenvalue weighted by Gasteiger charge is -2.42. The summed E-state index contributed by atoms with van der Waals surface area (Å²) in [5.74, 6) is -2.08. The maximum atomic E-state index is 13.6. The lowest BCUT2D eigenvalue weighted by Crippen LogP contribution is -2.59. The molecule has 0 atom stereocenters. The average Bonchev–Trinajstić information content (AvgIpc) is 3.19. The molecule has 3 heterocycles. The number of anilines is 1. The van der Waals surface area contributed by atoms with Gasteiger partial charge >= 0.3 is 0 Å². The van der Waals surface area contributed by atoms with Crippen LogP contribution >= 0.6 is 0 Å². The third-order valence-corrected chi connectivity index (χ3v) is 6.99. The fourth-order valence-corrected chi connectivity index (χ4v) is 4.26. The Labute approximate surface area is 207 Å². The molecule has 0 bridgehead atoms. The number of amides is 1. The lowest BCUT2D eigenvalue weighted by atomic mass is 9.87. The molecular weight excluding hydrogens is 480 g/mol. The molecule has 36 heavy (non-hydrogen) atoms. The van der Waals surface area contributed by atoms with Gasteiger partial charge < -0.3 is 15.0 Å². The van der Waals surface area contributed by atoms with Crippen LogP contribution in [-0.4, -0.2) is 61.7 Å². The van der Waals surface area contributed by atoms with E-state index in [2.05, 4.69) is 20.4 Å². The summed E-state index contributed by atoms with van der Waals surface area (Å²) >= 11 is 0. The van der Waals surface area contributed by atoms with Crippen LogP contribution < -0.4 is 10.1 Å². The van der Waals surface area contributed by atoms with Crippen molar-refractivity contribution in [2.45, 2.75) is 84.3 Å². The van der Waals surface area contributed by atoms with E-state index in [9.17, 15) is 22.4 Å². The highest BCUT2D eigenvalue weighted by Gasteiger charge is 2.39. The second-order valence-corrected chi connectivity index (χ2v) is 10.3. The van der Waals surface area contributed by atoms with Crippen LogP contribution in [0.1, 0.15) is 70.6 Å². The number of likely N-dealkylation sites (tertiary alicyclic amines) is 1. The third kappa shape index (κ3) is 5.73. The number of aryl methyl sites for hydroxylation is 1. The van der Waals surface area contributed by atoms with Crippen molar-refractivity contribution in [2.75, 3.05) is 18.4 Å². The van der Waals surface area contributed by atoms with Crippen LogP contribution in [0.15, 0.2) is 12.3 Å². The highest BCUT2D eigenvalue weighted by atomic mass is 19.3. The van der Waals surface area contributed by atoms with Gasteiger partial charge in [-0.2, -0.15) is 15.1 Å². The molecule has 1 N–H and O–H groups in total. The van der Waals surface area contributed by atoms with Crippen LogP contribution in [0.2, 0.25) is 0 Å². The standard InChI is InChI=1S/C24H32F4N6O2/c1-5-23(3,4)21(35)33-12-16(13-33)36-18-10-17(29-15-6-8-24(27,28)9-7-15)30-22(31-18)34-11-14(2)19(32-34)20(25)26/h10-11,15-16,20H,5-9,12-13H2,1-4H3,(H,29,30,31). The maximum absolute atomic E-state index is 13.6. The van der Waals surface area contributed by atoms with Crippen LogP contribution in [0.25, 0.3) is 5.95 Å². The van der Waals surface area contributed by atoms with Gasteiger partial charge in [-0.25, -0.2) is 22.2 Å². The van der Waals surface area contributed by atoms with Crippen molar-refractivity contribution in [3.05, 3.63) is 23.5 Å². The van der Waals surface area contributed by atoms with Crippen molar-refractivity contribution in [1.29, 1.82) is 0 Å². The van der Waals surface area contributed by atoms with E-state index in [4.69, 9.17) is 4.74 Å². The predicted molar refractivity (Wildman–Crippen MR) is 125 cm³/mol. The molecule has 2 aromatic heterocycles. The molecule has 0 unspecified atom stereocenters. The number of rotatable bonds is 8. The van der Waals surface area contributed by atoms with Crippen molar-refractivity contribution in [3.63, 3.8) is 0 Å². The zero-order valence-corrected chi connectivity index (χ0v) is 20.9. The van der Waals surface area contributed by atoms with Gasteiger partial charge in [-0.05, 0) is 31.7 Å². The number of aromatic nitrogens is 4. The van der Waals surface area contributed by atoms with Crippen LogP contribution in [0.3, 0.4) is 0 Å². The monoisotopic (exact) mass is 512 g/mol. The zero-order valence-electron chi connectivity index (χ0n) is 20.9. The third-order valence-electron chi connectivity index (χ3n) is 6.99. The lowest BCUT2D eigenvalue weighted by molar-refractivity contribution is -0.149. The van der Waals surface area contributed by atoms with E-state index >= 15 is 0 Å². The first-order chi connectivity index (χ1) is 16.9. The summed E-state index contributed by atoms with van der Waals surface area (Å²) in [5.41, 5.74) is -0.544. The Bertz CT molecular complexity index is 1090. The zero-order chi connectivity index (χ0) is 26.3. The van der Waals surface area contributed by atoms with E-state index in [0.717, 1.165) is 11.1 Å². The summed E-state index contributed by atoms with van der Waals surface area (Å²) in [6.07, 6.45) is -0.821. The summed E-state index contributed by atoms with van der Waals surface area (Å²) in [7, 11) is 0. The Balaban J connectivity index is 1.53. The van der Waals surface area contributed by atoms with Crippen molar-refractivity contribution in [1.82, 2.24) is 24.6 Å². The molecule has 198 valence electrons. The predicted octanol–water partition coefficient (Wildman–Crippen LogP) is 4.92. The number of hydrogen-bond acceptors (Lipinski definition) is 6. The minimum atomic E-state index is -2.75. The Kier molecular flexibility index (Phi) is 7.16. The van der Waals surface area contributed by atoms with Gasteiger partial charge in [0.15, 0.2) is 0 Å². The molecule has 1 aliphatic carbocycles. The van der Waals surface area contributed by atoms with E-state index in [1.54, 1.807) is 11.0 Å². The second kappa shape index (κ2) is 9.85. The minimum Gasteiger partial charge on any atom is -0.470 e. The first-order valence-corrected chi connectivity index (χ1v) is 12.2. The smallest absolute Gasteiger partial charge is 0.282 e. The van der Waals surface area contributed by atoms with Crippen molar-refractivity contribution in [2.24, 2.45) is 5.41 Å². The van der Waals surface area contributed by atoms with Gasteiger partial charge in [0.1, 0.15) is 17.6 Å². The first-order valence-electron chi connectivity index (χ1n) is 12.2. The Hall–Kier alpha value is -2.92. The molecule has 8 nitrogen and oxygen atoms in total. The molecule has 2 aliphatic rings. The van der Waals surface area contributed by atoms with E-state index in [1.165, 1.54) is 13.1 Å². The molecule has 4 rings (SSSR count). The maximum Gasteiger partial charge on any atom is 0.282 e. The number of carbonyl (C=O) groups excluding carboxylic acids is 1. The Morgan fingerprint density at radius 1 is 1.25 bits per heavy atom. The SMILES string of the molecule is CCC(C)(C)C(=O)N1CC(Oc2cc(NC3CCC(F)(F)CC3)nc(-n3cc(C)c(C(F)F)n3)n2)C1. The first kappa shape index (κ1) is 26.2. The summed E-state index contributed by atoms with van der Waals surface area (Å²) in [4.78, 5) is 23.1. The van der Waals surface area contributed by atoms with E-state index < -0.39 is 17.8 Å². The minimum absolute atomic E-state index is 0.0190. The van der Waals surface area contributed by atoms with Gasteiger partial charge in [0.05, 0.1) is 13.1 Å².